The van der Waals surface area contributed by atoms with E-state index in [2.05, 4.69) is 37.5 Å². The highest BCUT2D eigenvalue weighted by atomic mass is 16.6. The molecule has 0 spiro atoms. The molecule has 1 N–H and O–H groups in total. The summed E-state index contributed by atoms with van der Waals surface area (Å²) in [6, 6.07) is 5.14. The average molecular weight is 476 g/mol. The number of hydrogen-bond acceptors (Lipinski definition) is 3. The highest BCUT2D eigenvalue weighted by Crippen LogP contribution is 2.28. The number of fused-ring (bicyclic) bond motifs is 1. The highest BCUT2D eigenvalue weighted by molar-refractivity contribution is 5.96. The first-order valence-corrected chi connectivity index (χ1v) is 11.2. The van der Waals surface area contributed by atoms with Gasteiger partial charge in [-0.05, 0) is 82.0 Å². The van der Waals surface area contributed by atoms with E-state index in [1.54, 1.807) is 31.2 Å². The normalized spacial score (nSPS) is 11.7. The summed E-state index contributed by atoms with van der Waals surface area (Å²) < 4.78 is 7.57. The summed E-state index contributed by atoms with van der Waals surface area (Å²) in [6.07, 6.45) is 5.31. The van der Waals surface area contributed by atoms with Gasteiger partial charge in [0.15, 0.2) is 0 Å². The summed E-state index contributed by atoms with van der Waals surface area (Å²) in [7, 11) is 0. The summed E-state index contributed by atoms with van der Waals surface area (Å²) in [5.74, 6) is -1.38. The summed E-state index contributed by atoms with van der Waals surface area (Å²) in [5, 5.41) is 10.2. The maximum Gasteiger partial charge on any atom is 0.338 e. The second-order valence-electron chi connectivity index (χ2n) is 9.03. The fraction of sp³-hybridized carbons (Fsp3) is 0.267. The van der Waals surface area contributed by atoms with Crippen molar-refractivity contribution in [2.45, 2.75) is 53.7 Å². The Morgan fingerprint density at radius 2 is 1.69 bits per heavy atom. The van der Waals surface area contributed by atoms with Crippen LogP contribution in [0.5, 0.6) is 0 Å². The molecule has 1 aromatic carbocycles. The molecule has 0 aliphatic rings. The van der Waals surface area contributed by atoms with Gasteiger partial charge in [-0.3, -0.25) is 0 Å². The van der Waals surface area contributed by atoms with Gasteiger partial charge < -0.3 is 14.4 Å². The van der Waals surface area contributed by atoms with E-state index < -0.39 is 17.5 Å². The van der Waals surface area contributed by atoms with Crippen molar-refractivity contribution >= 4 is 22.8 Å². The van der Waals surface area contributed by atoms with Crippen molar-refractivity contribution < 1.29 is 19.4 Å². The number of esters is 1. The zero-order valence-electron chi connectivity index (χ0n) is 21.8. The number of nitrogens with zero attached hydrogens (tertiary/aromatic N) is 1. The lowest BCUT2D eigenvalue weighted by molar-refractivity contribution is -0.149. The van der Waals surface area contributed by atoms with Crippen molar-refractivity contribution in [3.05, 3.63) is 108 Å². The van der Waals surface area contributed by atoms with Crippen molar-refractivity contribution in [2.75, 3.05) is 0 Å². The first-order valence-electron chi connectivity index (χ1n) is 11.2. The minimum atomic E-state index is -0.945. The third-order valence-corrected chi connectivity index (χ3v) is 5.39. The Morgan fingerprint density at radius 1 is 1.09 bits per heavy atom. The van der Waals surface area contributed by atoms with Crippen molar-refractivity contribution in [2.24, 2.45) is 0 Å². The van der Waals surface area contributed by atoms with Gasteiger partial charge in [0, 0.05) is 23.1 Å². The topological polar surface area (TPSA) is 68.5 Å². The van der Waals surface area contributed by atoms with Crippen LogP contribution in [-0.4, -0.2) is 27.2 Å². The number of rotatable bonds is 8. The molecule has 0 bridgehead atoms. The standard InChI is InChI=1S/C28H33NO4.C2H4/c1-10-23(27(32)33-28(7,8)9)19(4)18(3)12-11-17(2)16-29-21(6)20(5)24-15-22(26(30)31)13-14-25(24)29;1-2/h10-15H,2-4,16H2,1,5-9H3,(H,30,31);1-2H2/b12-11-,23-10+;. The molecule has 0 aliphatic heterocycles. The molecule has 2 aromatic rings. The summed E-state index contributed by atoms with van der Waals surface area (Å²) in [5.41, 5.74) is 4.99. The van der Waals surface area contributed by atoms with E-state index >= 15 is 0 Å². The predicted octanol–water partition coefficient (Wildman–Crippen LogP) is 7.27. The van der Waals surface area contributed by atoms with Gasteiger partial charge in [0.2, 0.25) is 0 Å². The lowest BCUT2D eigenvalue weighted by Gasteiger charge is -2.21. The van der Waals surface area contributed by atoms with Gasteiger partial charge in [-0.1, -0.05) is 38.0 Å². The lowest BCUT2D eigenvalue weighted by atomic mass is 9.99. The first kappa shape index (κ1) is 29.2. The van der Waals surface area contributed by atoms with Gasteiger partial charge in [0.25, 0.3) is 0 Å². The molecule has 1 aromatic heterocycles. The molecule has 5 nitrogen and oxygen atoms in total. The molecule has 0 aliphatic carbocycles. The fourth-order valence-electron chi connectivity index (χ4n) is 3.48. The Hall–Kier alpha value is -3.86. The van der Waals surface area contributed by atoms with Crippen LogP contribution in [0.15, 0.2) is 91.6 Å². The maximum absolute atomic E-state index is 12.5. The molecular formula is C30H37NO4. The van der Waals surface area contributed by atoms with E-state index in [0.29, 0.717) is 23.3 Å². The summed E-state index contributed by atoms with van der Waals surface area (Å²) in [6.45, 7) is 29.9. The van der Waals surface area contributed by atoms with Crippen LogP contribution in [0.25, 0.3) is 10.9 Å². The second-order valence-corrected chi connectivity index (χ2v) is 9.03. The Balaban J connectivity index is 0.00000298. The van der Waals surface area contributed by atoms with Crippen LogP contribution in [0.1, 0.15) is 49.3 Å². The van der Waals surface area contributed by atoms with Crippen LogP contribution >= 0.6 is 0 Å². The van der Waals surface area contributed by atoms with E-state index in [1.807, 2.05) is 46.8 Å². The molecule has 2 rings (SSSR count). The third kappa shape index (κ3) is 7.31. The van der Waals surface area contributed by atoms with Crippen molar-refractivity contribution in [1.82, 2.24) is 4.57 Å². The summed E-state index contributed by atoms with van der Waals surface area (Å²) >= 11 is 0. The van der Waals surface area contributed by atoms with Crippen LogP contribution in [0.2, 0.25) is 0 Å². The van der Waals surface area contributed by atoms with E-state index in [9.17, 15) is 14.7 Å². The first-order chi connectivity index (χ1) is 16.3. The van der Waals surface area contributed by atoms with E-state index in [1.165, 1.54) is 0 Å². The molecule has 0 radical (unpaired) electrons. The van der Waals surface area contributed by atoms with Crippen LogP contribution < -0.4 is 0 Å². The Labute approximate surface area is 209 Å². The number of allylic oxidation sites excluding steroid dienone is 5. The quantitative estimate of drug-likeness (QED) is 0.189. The highest BCUT2D eigenvalue weighted by Gasteiger charge is 2.21. The van der Waals surface area contributed by atoms with Crippen molar-refractivity contribution in [3.63, 3.8) is 0 Å². The Morgan fingerprint density at radius 3 is 2.20 bits per heavy atom. The number of carboxylic acids is 1. The van der Waals surface area contributed by atoms with Gasteiger partial charge in [-0.15, -0.1) is 13.2 Å². The maximum atomic E-state index is 12.5. The SMILES string of the molecule is C=C.C=C(/C=C\C(=C)C(=C)/C(=C\C)C(=O)OC(C)(C)C)Cn1c(C)c(C)c2cc(C(=O)O)ccc21. The van der Waals surface area contributed by atoms with Gasteiger partial charge in [-0.25, -0.2) is 9.59 Å². The van der Waals surface area contributed by atoms with Gasteiger partial charge >= 0.3 is 11.9 Å². The minimum Gasteiger partial charge on any atom is -0.478 e. The number of aromatic carboxylic acids is 1. The number of hydrogen-bond donors (Lipinski definition) is 1. The van der Waals surface area contributed by atoms with Crippen LogP contribution in [-0.2, 0) is 16.1 Å². The third-order valence-electron chi connectivity index (χ3n) is 5.39. The molecule has 0 fully saturated rings. The van der Waals surface area contributed by atoms with E-state index in [-0.39, 0.29) is 5.56 Å². The smallest absolute Gasteiger partial charge is 0.338 e. The van der Waals surface area contributed by atoms with Crippen LogP contribution in [0.4, 0.5) is 0 Å². The monoisotopic (exact) mass is 475 g/mol. The Kier molecular flexibility index (Phi) is 10.0. The molecule has 0 unspecified atom stereocenters. The number of ether oxygens (including phenoxy) is 1. The lowest BCUT2D eigenvalue weighted by Crippen LogP contribution is -2.25. The van der Waals surface area contributed by atoms with Gasteiger partial charge in [0.05, 0.1) is 11.1 Å². The Bertz CT molecular complexity index is 1230. The van der Waals surface area contributed by atoms with E-state index in [4.69, 9.17) is 4.74 Å². The van der Waals surface area contributed by atoms with Crippen LogP contribution in [0.3, 0.4) is 0 Å². The number of carbonyl (C=O) groups excluding carboxylic acids is 1. The van der Waals surface area contributed by atoms with Crippen LogP contribution in [0, 0.1) is 13.8 Å². The largest absolute Gasteiger partial charge is 0.478 e. The molecule has 186 valence electrons. The molecule has 35 heavy (non-hydrogen) atoms. The van der Waals surface area contributed by atoms with E-state index in [0.717, 1.165) is 27.7 Å². The molecule has 5 heteroatoms. The number of aryl methyl sites for hydroxylation is 1. The number of benzene rings is 1. The predicted molar refractivity (Wildman–Crippen MR) is 146 cm³/mol. The molecule has 0 amide bonds. The van der Waals surface area contributed by atoms with Crippen molar-refractivity contribution in [3.8, 4) is 0 Å². The fourth-order valence-corrected chi connectivity index (χ4v) is 3.48. The van der Waals surface area contributed by atoms with Crippen molar-refractivity contribution in [1.29, 1.82) is 0 Å². The minimum absolute atomic E-state index is 0.265. The molecular weight excluding hydrogens is 438 g/mol. The van der Waals surface area contributed by atoms with Gasteiger partial charge in [0.1, 0.15) is 5.60 Å². The number of carbonyl (C=O) groups is 2. The molecule has 1 heterocycles. The number of carboxylic acid groups (broad SMARTS) is 1. The number of aromatic nitrogens is 1. The summed E-state index contributed by atoms with van der Waals surface area (Å²) in [4.78, 5) is 23.8. The zero-order valence-corrected chi connectivity index (χ0v) is 21.8. The molecule has 0 saturated carbocycles. The average Bonchev–Trinajstić information content (AvgIpc) is 3.02. The zero-order chi connectivity index (χ0) is 27.1. The molecule has 0 saturated heterocycles. The van der Waals surface area contributed by atoms with Gasteiger partial charge in [-0.2, -0.15) is 0 Å². The molecule has 0 atom stereocenters. The second kappa shape index (κ2) is 12.0.